The molecular weight excluding hydrogens is 270 g/mol. The molecule has 0 saturated carbocycles. The number of hydrogen-bond donors (Lipinski definition) is 1. The van der Waals surface area contributed by atoms with E-state index in [0.29, 0.717) is 28.0 Å². The quantitative estimate of drug-likeness (QED) is 0.781. The first-order chi connectivity index (χ1) is 10.1. The van der Waals surface area contributed by atoms with Gasteiger partial charge in [0.05, 0.1) is 11.1 Å². The lowest BCUT2D eigenvalue weighted by Gasteiger charge is -2.09. The molecule has 1 N–H and O–H groups in total. The molecule has 0 aliphatic heterocycles. The van der Waals surface area contributed by atoms with Crippen molar-refractivity contribution in [3.8, 4) is 0 Å². The lowest BCUT2D eigenvalue weighted by Crippen LogP contribution is -2.21. The Morgan fingerprint density at radius 3 is 2.76 bits per heavy atom. The van der Waals surface area contributed by atoms with Gasteiger partial charge < -0.3 is 14.4 Å². The third-order valence-electron chi connectivity index (χ3n) is 3.27. The smallest absolute Gasteiger partial charge is 0.257 e. The summed E-state index contributed by atoms with van der Waals surface area (Å²) < 4.78 is 6.41. The van der Waals surface area contributed by atoms with E-state index in [1.165, 1.54) is 10.6 Å². The maximum atomic E-state index is 12.4. The van der Waals surface area contributed by atoms with E-state index in [1.54, 1.807) is 32.2 Å². The largest absolute Gasteiger partial charge is 0.360 e. The Morgan fingerprint density at radius 1 is 1.29 bits per heavy atom. The van der Waals surface area contributed by atoms with Crippen molar-refractivity contribution in [2.75, 3.05) is 5.32 Å². The summed E-state index contributed by atoms with van der Waals surface area (Å²) in [4.78, 5) is 24.3. The fourth-order valence-electron chi connectivity index (χ4n) is 2.21. The molecule has 0 radical (unpaired) electrons. The average molecular weight is 283 g/mol. The fraction of sp³-hybridized carbons (Fsp3) is 0.133. The van der Waals surface area contributed by atoms with Crippen LogP contribution in [0.4, 0.5) is 5.82 Å². The molecule has 0 saturated heterocycles. The third-order valence-corrected chi connectivity index (χ3v) is 3.27. The number of aryl methyl sites for hydroxylation is 2. The van der Waals surface area contributed by atoms with Crippen LogP contribution in [0.1, 0.15) is 16.1 Å². The molecule has 0 unspecified atom stereocenters. The van der Waals surface area contributed by atoms with Gasteiger partial charge in [0, 0.05) is 24.6 Å². The lowest BCUT2D eigenvalue weighted by atomic mass is 10.1. The molecule has 21 heavy (non-hydrogen) atoms. The molecule has 0 aliphatic rings. The first-order valence-electron chi connectivity index (χ1n) is 6.40. The van der Waals surface area contributed by atoms with Crippen molar-refractivity contribution in [2.45, 2.75) is 6.92 Å². The molecule has 0 bridgehead atoms. The Hall–Kier alpha value is -2.89. The number of aromatic nitrogens is 2. The average Bonchev–Trinajstić information content (AvgIpc) is 2.88. The predicted molar refractivity (Wildman–Crippen MR) is 78.4 cm³/mol. The number of rotatable bonds is 2. The van der Waals surface area contributed by atoms with E-state index in [1.807, 2.05) is 12.1 Å². The van der Waals surface area contributed by atoms with Crippen LogP contribution < -0.4 is 10.9 Å². The van der Waals surface area contributed by atoms with Gasteiger partial charge in [-0.25, -0.2) is 0 Å². The van der Waals surface area contributed by atoms with Gasteiger partial charge in [0.1, 0.15) is 5.76 Å². The number of hydrogen-bond acceptors (Lipinski definition) is 4. The minimum Gasteiger partial charge on any atom is -0.360 e. The molecule has 1 amide bonds. The van der Waals surface area contributed by atoms with Gasteiger partial charge in [-0.15, -0.1) is 0 Å². The number of amides is 1. The van der Waals surface area contributed by atoms with Crippen molar-refractivity contribution in [1.29, 1.82) is 0 Å². The van der Waals surface area contributed by atoms with Crippen molar-refractivity contribution in [2.24, 2.45) is 7.05 Å². The summed E-state index contributed by atoms with van der Waals surface area (Å²) in [7, 11) is 1.67. The van der Waals surface area contributed by atoms with E-state index in [9.17, 15) is 9.59 Å². The zero-order valence-corrected chi connectivity index (χ0v) is 11.6. The molecule has 0 atom stereocenters. The topological polar surface area (TPSA) is 77.1 Å². The SMILES string of the molecule is Cc1cc(NC(=O)c2cc(=O)n(C)c3ccccc23)no1. The van der Waals surface area contributed by atoms with Gasteiger partial charge in [-0.1, -0.05) is 23.4 Å². The molecule has 3 aromatic rings. The van der Waals surface area contributed by atoms with Crippen LogP contribution in [0.5, 0.6) is 0 Å². The normalized spacial score (nSPS) is 10.8. The molecule has 3 rings (SSSR count). The monoisotopic (exact) mass is 283 g/mol. The molecule has 2 heterocycles. The summed E-state index contributed by atoms with van der Waals surface area (Å²) in [6, 6.07) is 10.2. The summed E-state index contributed by atoms with van der Waals surface area (Å²) >= 11 is 0. The molecule has 1 aromatic carbocycles. The molecule has 6 heteroatoms. The standard InChI is InChI=1S/C15H13N3O3/c1-9-7-13(17-21-9)16-15(20)11-8-14(19)18(2)12-6-4-3-5-10(11)12/h3-8H,1-2H3,(H,16,17,20). The highest BCUT2D eigenvalue weighted by Gasteiger charge is 2.14. The van der Waals surface area contributed by atoms with Gasteiger partial charge >= 0.3 is 0 Å². The van der Waals surface area contributed by atoms with Gasteiger partial charge in [-0.05, 0) is 13.0 Å². The van der Waals surface area contributed by atoms with E-state index in [-0.39, 0.29) is 5.56 Å². The highest BCUT2D eigenvalue weighted by atomic mass is 16.5. The summed E-state index contributed by atoms with van der Waals surface area (Å²) in [5.41, 5.74) is 0.774. The summed E-state index contributed by atoms with van der Waals surface area (Å²) in [5.74, 6) is 0.526. The number of pyridine rings is 1. The van der Waals surface area contributed by atoms with Crippen LogP contribution in [0.3, 0.4) is 0 Å². The summed E-state index contributed by atoms with van der Waals surface area (Å²) in [5, 5.41) is 7.04. The number of nitrogens with one attached hydrogen (secondary N) is 1. The van der Waals surface area contributed by atoms with Gasteiger partial charge in [-0.2, -0.15) is 0 Å². The first-order valence-corrected chi connectivity index (χ1v) is 6.40. The number of carbonyl (C=O) groups is 1. The number of carbonyl (C=O) groups excluding carboxylic acids is 1. The lowest BCUT2D eigenvalue weighted by molar-refractivity contribution is 0.102. The fourth-order valence-corrected chi connectivity index (χ4v) is 2.21. The number of anilines is 1. The Balaban J connectivity index is 2.09. The predicted octanol–water partition coefficient (Wildman–Crippen LogP) is 2.09. The van der Waals surface area contributed by atoms with E-state index >= 15 is 0 Å². The van der Waals surface area contributed by atoms with E-state index in [0.717, 1.165) is 0 Å². The van der Waals surface area contributed by atoms with Crippen LogP contribution in [-0.2, 0) is 7.05 Å². The Labute approximate surface area is 120 Å². The molecule has 2 aromatic heterocycles. The Kier molecular flexibility index (Phi) is 3.06. The van der Waals surface area contributed by atoms with Gasteiger partial charge in [0.2, 0.25) is 0 Å². The zero-order valence-electron chi connectivity index (χ0n) is 11.6. The van der Waals surface area contributed by atoms with Crippen LogP contribution in [0.15, 0.2) is 45.7 Å². The number of benzene rings is 1. The number of para-hydroxylation sites is 1. The maximum absolute atomic E-state index is 12.4. The minimum atomic E-state index is -0.391. The highest BCUT2D eigenvalue weighted by Crippen LogP contribution is 2.17. The molecule has 6 nitrogen and oxygen atoms in total. The third kappa shape index (κ3) is 2.31. The van der Waals surface area contributed by atoms with Crippen LogP contribution in [-0.4, -0.2) is 15.6 Å². The second kappa shape index (κ2) is 4.90. The Bertz CT molecular complexity index is 893. The van der Waals surface area contributed by atoms with Crippen molar-refractivity contribution < 1.29 is 9.32 Å². The van der Waals surface area contributed by atoms with Crippen LogP contribution in [0, 0.1) is 6.92 Å². The van der Waals surface area contributed by atoms with Crippen molar-refractivity contribution >= 4 is 22.6 Å². The van der Waals surface area contributed by atoms with E-state index in [2.05, 4.69) is 10.5 Å². The van der Waals surface area contributed by atoms with Crippen molar-refractivity contribution in [3.05, 3.63) is 58.1 Å². The Morgan fingerprint density at radius 2 is 2.05 bits per heavy atom. The summed E-state index contributed by atoms with van der Waals surface area (Å²) in [6.07, 6.45) is 0. The molecule has 0 spiro atoms. The summed E-state index contributed by atoms with van der Waals surface area (Å²) in [6.45, 7) is 1.73. The van der Waals surface area contributed by atoms with Gasteiger partial charge in [-0.3, -0.25) is 9.59 Å². The maximum Gasteiger partial charge on any atom is 0.257 e. The number of nitrogens with zero attached hydrogens (tertiary/aromatic N) is 2. The van der Waals surface area contributed by atoms with Crippen molar-refractivity contribution in [1.82, 2.24) is 9.72 Å². The second-order valence-corrected chi connectivity index (χ2v) is 4.75. The highest BCUT2D eigenvalue weighted by molar-refractivity contribution is 6.12. The van der Waals surface area contributed by atoms with Crippen LogP contribution in [0.2, 0.25) is 0 Å². The molecule has 0 fully saturated rings. The second-order valence-electron chi connectivity index (χ2n) is 4.75. The molecule has 0 aliphatic carbocycles. The number of fused-ring (bicyclic) bond motifs is 1. The molecular formula is C15H13N3O3. The minimum absolute atomic E-state index is 0.241. The van der Waals surface area contributed by atoms with Crippen LogP contribution in [0.25, 0.3) is 10.9 Å². The zero-order chi connectivity index (χ0) is 15.0. The van der Waals surface area contributed by atoms with Gasteiger partial charge in [0.25, 0.3) is 11.5 Å². The van der Waals surface area contributed by atoms with Gasteiger partial charge in [0.15, 0.2) is 5.82 Å². The van der Waals surface area contributed by atoms with E-state index < -0.39 is 5.91 Å². The van der Waals surface area contributed by atoms with E-state index in [4.69, 9.17) is 4.52 Å². The first kappa shape index (κ1) is 13.1. The molecule has 106 valence electrons. The van der Waals surface area contributed by atoms with Crippen LogP contribution >= 0.6 is 0 Å². The van der Waals surface area contributed by atoms with Crippen molar-refractivity contribution in [3.63, 3.8) is 0 Å².